The molecule has 0 saturated heterocycles. The summed E-state index contributed by atoms with van der Waals surface area (Å²) in [4.78, 5) is 20.2. The molecule has 2 rings (SSSR count). The molecule has 0 spiro atoms. The number of ether oxygens (including phenoxy) is 1. The Morgan fingerprint density at radius 3 is 2.95 bits per heavy atom. The molecule has 0 fully saturated rings. The maximum absolute atomic E-state index is 11.7. The maximum Gasteiger partial charge on any atom is 0.270 e. The lowest BCUT2D eigenvalue weighted by atomic mass is 10.3. The van der Waals surface area contributed by atoms with Crippen LogP contribution in [0.25, 0.3) is 10.6 Å². The van der Waals surface area contributed by atoms with Gasteiger partial charge in [-0.05, 0) is 12.5 Å². The highest BCUT2D eigenvalue weighted by molar-refractivity contribution is 7.13. The van der Waals surface area contributed by atoms with E-state index in [4.69, 9.17) is 4.74 Å². The molecule has 1 amide bonds. The van der Waals surface area contributed by atoms with Gasteiger partial charge in [-0.3, -0.25) is 4.79 Å². The minimum Gasteiger partial charge on any atom is -0.481 e. The molecular formula is C13H15N3O2S. The van der Waals surface area contributed by atoms with E-state index in [9.17, 15) is 4.79 Å². The van der Waals surface area contributed by atoms with Gasteiger partial charge in [0.25, 0.3) is 5.91 Å². The molecule has 0 aliphatic rings. The topological polar surface area (TPSA) is 64.1 Å². The second-order valence-corrected chi connectivity index (χ2v) is 4.74. The molecule has 2 heterocycles. The van der Waals surface area contributed by atoms with Crippen LogP contribution in [0.1, 0.15) is 23.8 Å². The number of amides is 1. The Kier molecular flexibility index (Phi) is 4.46. The fourth-order valence-electron chi connectivity index (χ4n) is 1.47. The van der Waals surface area contributed by atoms with Gasteiger partial charge in [0.15, 0.2) is 0 Å². The van der Waals surface area contributed by atoms with Gasteiger partial charge in [-0.25, -0.2) is 9.97 Å². The van der Waals surface area contributed by atoms with Gasteiger partial charge in [-0.1, -0.05) is 6.92 Å². The maximum atomic E-state index is 11.7. The number of hydrogen-bond acceptors (Lipinski definition) is 5. The first-order chi connectivity index (χ1) is 9.24. The van der Waals surface area contributed by atoms with E-state index >= 15 is 0 Å². The molecule has 0 saturated carbocycles. The summed E-state index contributed by atoms with van der Waals surface area (Å²) in [7, 11) is 1.57. The van der Waals surface area contributed by atoms with Crippen molar-refractivity contribution in [2.45, 2.75) is 13.3 Å². The first-order valence-corrected chi connectivity index (χ1v) is 6.86. The van der Waals surface area contributed by atoms with E-state index in [0.29, 0.717) is 18.1 Å². The van der Waals surface area contributed by atoms with Crippen LogP contribution in [0, 0.1) is 0 Å². The van der Waals surface area contributed by atoms with Gasteiger partial charge in [0.05, 0.1) is 7.11 Å². The second kappa shape index (κ2) is 6.29. The molecule has 0 aliphatic heterocycles. The zero-order valence-electron chi connectivity index (χ0n) is 10.8. The molecule has 100 valence electrons. The third-order valence-electron chi connectivity index (χ3n) is 2.46. The number of pyridine rings is 1. The summed E-state index contributed by atoms with van der Waals surface area (Å²) >= 11 is 1.43. The van der Waals surface area contributed by atoms with Crippen molar-refractivity contribution in [3.8, 4) is 16.5 Å². The van der Waals surface area contributed by atoms with Crippen molar-refractivity contribution >= 4 is 17.2 Å². The Bertz CT molecular complexity index is 551. The van der Waals surface area contributed by atoms with Crippen molar-refractivity contribution < 1.29 is 9.53 Å². The molecule has 5 nitrogen and oxygen atoms in total. The summed E-state index contributed by atoms with van der Waals surface area (Å²) in [6.07, 6.45) is 2.59. The average molecular weight is 277 g/mol. The predicted molar refractivity (Wildman–Crippen MR) is 74.5 cm³/mol. The van der Waals surface area contributed by atoms with Crippen LogP contribution in [0.3, 0.4) is 0 Å². The normalized spacial score (nSPS) is 10.2. The number of carbonyl (C=O) groups excluding carboxylic acids is 1. The molecule has 0 radical (unpaired) electrons. The van der Waals surface area contributed by atoms with E-state index in [1.54, 1.807) is 24.8 Å². The van der Waals surface area contributed by atoms with Crippen LogP contribution in [-0.2, 0) is 0 Å². The van der Waals surface area contributed by atoms with E-state index in [-0.39, 0.29) is 5.91 Å². The third-order valence-corrected chi connectivity index (χ3v) is 3.36. The van der Waals surface area contributed by atoms with Crippen LogP contribution in [-0.4, -0.2) is 29.5 Å². The number of hydrogen-bond donors (Lipinski definition) is 1. The van der Waals surface area contributed by atoms with Crippen molar-refractivity contribution in [2.24, 2.45) is 0 Å². The molecule has 2 aromatic rings. The summed E-state index contributed by atoms with van der Waals surface area (Å²) in [5.74, 6) is 0.423. The van der Waals surface area contributed by atoms with Crippen molar-refractivity contribution in [1.82, 2.24) is 15.3 Å². The van der Waals surface area contributed by atoms with Gasteiger partial charge in [0.2, 0.25) is 5.88 Å². The number of rotatable bonds is 5. The summed E-state index contributed by atoms with van der Waals surface area (Å²) < 4.78 is 5.00. The third kappa shape index (κ3) is 3.29. The van der Waals surface area contributed by atoms with Crippen LogP contribution in [0.2, 0.25) is 0 Å². The highest BCUT2D eigenvalue weighted by atomic mass is 32.1. The van der Waals surface area contributed by atoms with Crippen LogP contribution in [0.4, 0.5) is 0 Å². The number of thiazole rings is 1. The smallest absolute Gasteiger partial charge is 0.270 e. The summed E-state index contributed by atoms with van der Waals surface area (Å²) in [5, 5.41) is 5.33. The Hall–Kier alpha value is -1.95. The molecule has 0 aliphatic carbocycles. The van der Waals surface area contributed by atoms with Crippen LogP contribution >= 0.6 is 11.3 Å². The van der Waals surface area contributed by atoms with Crippen molar-refractivity contribution in [3.63, 3.8) is 0 Å². The van der Waals surface area contributed by atoms with Gasteiger partial charge in [0.1, 0.15) is 10.7 Å². The fourth-order valence-corrected chi connectivity index (χ4v) is 2.26. The quantitative estimate of drug-likeness (QED) is 0.911. The average Bonchev–Trinajstić information content (AvgIpc) is 2.94. The molecule has 2 aromatic heterocycles. The van der Waals surface area contributed by atoms with E-state index in [2.05, 4.69) is 15.3 Å². The number of nitrogens with one attached hydrogen (secondary N) is 1. The molecule has 0 bridgehead atoms. The van der Waals surface area contributed by atoms with E-state index in [0.717, 1.165) is 17.0 Å². The highest BCUT2D eigenvalue weighted by Crippen LogP contribution is 2.24. The van der Waals surface area contributed by atoms with Gasteiger partial charge in [-0.2, -0.15) is 0 Å². The molecule has 19 heavy (non-hydrogen) atoms. The van der Waals surface area contributed by atoms with E-state index in [1.165, 1.54) is 11.3 Å². The zero-order chi connectivity index (χ0) is 13.7. The summed E-state index contributed by atoms with van der Waals surface area (Å²) in [6.45, 7) is 2.67. The molecule has 6 heteroatoms. The largest absolute Gasteiger partial charge is 0.481 e. The molecule has 0 atom stereocenters. The molecule has 1 N–H and O–H groups in total. The lowest BCUT2D eigenvalue weighted by Crippen LogP contribution is -2.24. The standard InChI is InChI=1S/C13H15N3O2S/c1-3-6-14-12(17)10-8-19-13(16-10)9-4-5-11(18-2)15-7-9/h4-5,7-8H,3,6H2,1-2H3,(H,14,17). The number of nitrogens with zero attached hydrogens (tertiary/aromatic N) is 2. The van der Waals surface area contributed by atoms with Gasteiger partial charge < -0.3 is 10.1 Å². The minimum atomic E-state index is -0.133. The van der Waals surface area contributed by atoms with Crippen molar-refractivity contribution in [3.05, 3.63) is 29.4 Å². The number of carbonyl (C=O) groups is 1. The van der Waals surface area contributed by atoms with Crippen molar-refractivity contribution in [2.75, 3.05) is 13.7 Å². The Morgan fingerprint density at radius 1 is 1.47 bits per heavy atom. The molecule has 0 unspecified atom stereocenters. The van der Waals surface area contributed by atoms with Crippen LogP contribution in [0.5, 0.6) is 5.88 Å². The summed E-state index contributed by atoms with van der Waals surface area (Å²) in [6, 6.07) is 3.64. The minimum absolute atomic E-state index is 0.133. The van der Waals surface area contributed by atoms with Crippen LogP contribution < -0.4 is 10.1 Å². The Labute approximate surface area is 115 Å². The second-order valence-electron chi connectivity index (χ2n) is 3.88. The fraction of sp³-hybridized carbons (Fsp3) is 0.308. The first kappa shape index (κ1) is 13.5. The lowest BCUT2D eigenvalue weighted by molar-refractivity contribution is 0.0949. The van der Waals surface area contributed by atoms with E-state index < -0.39 is 0 Å². The van der Waals surface area contributed by atoms with Gasteiger partial charge in [0, 0.05) is 29.8 Å². The van der Waals surface area contributed by atoms with Gasteiger partial charge >= 0.3 is 0 Å². The predicted octanol–water partition coefficient (Wildman–Crippen LogP) is 2.35. The Balaban J connectivity index is 2.13. The summed E-state index contributed by atoms with van der Waals surface area (Å²) in [5.41, 5.74) is 1.32. The monoisotopic (exact) mass is 277 g/mol. The lowest BCUT2D eigenvalue weighted by Gasteiger charge is -2.00. The van der Waals surface area contributed by atoms with E-state index in [1.807, 2.05) is 13.0 Å². The Morgan fingerprint density at radius 2 is 2.32 bits per heavy atom. The molecule has 0 aromatic carbocycles. The SMILES string of the molecule is CCCNC(=O)c1csc(-c2ccc(OC)nc2)n1. The van der Waals surface area contributed by atoms with Gasteiger partial charge in [-0.15, -0.1) is 11.3 Å². The zero-order valence-corrected chi connectivity index (χ0v) is 11.7. The molecular weight excluding hydrogens is 262 g/mol. The highest BCUT2D eigenvalue weighted by Gasteiger charge is 2.11. The first-order valence-electron chi connectivity index (χ1n) is 5.98. The number of aromatic nitrogens is 2. The van der Waals surface area contributed by atoms with Crippen molar-refractivity contribution in [1.29, 1.82) is 0 Å². The van der Waals surface area contributed by atoms with Crippen LogP contribution in [0.15, 0.2) is 23.7 Å². The number of methoxy groups -OCH3 is 1.